The molecule has 3 rings (SSSR count). The van der Waals surface area contributed by atoms with Gasteiger partial charge in [0.05, 0.1) is 31.9 Å². The molecule has 0 aliphatic heterocycles. The lowest BCUT2D eigenvalue weighted by molar-refractivity contribution is -0.140. The Hall–Kier alpha value is -3.67. The van der Waals surface area contributed by atoms with Gasteiger partial charge in [-0.3, -0.25) is 13.9 Å². The van der Waals surface area contributed by atoms with Crippen LogP contribution in [-0.4, -0.2) is 65.6 Å². The summed E-state index contributed by atoms with van der Waals surface area (Å²) in [6.45, 7) is 3.40. The first-order chi connectivity index (χ1) is 21.0. The van der Waals surface area contributed by atoms with Crippen molar-refractivity contribution in [1.82, 2.24) is 10.2 Å². The molecular formula is C31H37Cl2N3O7S. The number of nitrogens with zero attached hydrogens (tertiary/aromatic N) is 2. The molecule has 1 N–H and O–H groups in total. The predicted molar refractivity (Wildman–Crippen MR) is 171 cm³/mol. The molecule has 0 aliphatic carbocycles. The van der Waals surface area contributed by atoms with Crippen LogP contribution in [0.3, 0.4) is 0 Å². The number of benzene rings is 3. The number of carbonyl (C=O) groups is 2. The van der Waals surface area contributed by atoms with Gasteiger partial charge >= 0.3 is 0 Å². The summed E-state index contributed by atoms with van der Waals surface area (Å²) in [5.74, 6) is -0.336. The van der Waals surface area contributed by atoms with Gasteiger partial charge in [-0.1, -0.05) is 55.2 Å². The fourth-order valence-corrected chi connectivity index (χ4v) is 6.37. The Morgan fingerprint density at radius 3 is 2.16 bits per heavy atom. The average Bonchev–Trinajstić information content (AvgIpc) is 3.02. The quantitative estimate of drug-likeness (QED) is 0.226. The first kappa shape index (κ1) is 34.8. The standard InChI is InChI=1S/C31H37Cl2N3O7S/c1-6-16-34-31(38)25(7-2)35(19-21-10-8-9-11-24(21)33)30(37)20-36(26-17-22(32)12-14-27(26)41-3)44(39,40)23-13-15-28(42-4)29(18-23)43-5/h8-15,17-18,25H,6-7,16,19-20H2,1-5H3,(H,34,38). The van der Waals surface area contributed by atoms with E-state index in [0.717, 1.165) is 4.31 Å². The molecule has 3 aromatic rings. The number of ether oxygens (including phenoxy) is 3. The summed E-state index contributed by atoms with van der Waals surface area (Å²) in [5.41, 5.74) is 0.628. The smallest absolute Gasteiger partial charge is 0.265 e. The van der Waals surface area contributed by atoms with Crippen molar-refractivity contribution in [3.8, 4) is 17.2 Å². The minimum atomic E-state index is -4.45. The Labute approximate surface area is 268 Å². The van der Waals surface area contributed by atoms with E-state index in [1.54, 1.807) is 37.3 Å². The zero-order valence-electron chi connectivity index (χ0n) is 25.3. The van der Waals surface area contributed by atoms with E-state index in [-0.39, 0.29) is 46.0 Å². The number of nitrogens with one attached hydrogen (secondary N) is 1. The first-order valence-electron chi connectivity index (χ1n) is 13.9. The van der Waals surface area contributed by atoms with Gasteiger partial charge in [0.2, 0.25) is 11.8 Å². The highest BCUT2D eigenvalue weighted by molar-refractivity contribution is 7.92. The number of amides is 2. The molecule has 10 nitrogen and oxygen atoms in total. The molecule has 0 bridgehead atoms. The van der Waals surface area contributed by atoms with E-state index in [1.807, 2.05) is 6.92 Å². The van der Waals surface area contributed by atoms with Crippen LogP contribution < -0.4 is 23.8 Å². The Morgan fingerprint density at radius 2 is 1.55 bits per heavy atom. The van der Waals surface area contributed by atoms with E-state index in [2.05, 4.69) is 5.32 Å². The lowest BCUT2D eigenvalue weighted by atomic mass is 10.1. The van der Waals surface area contributed by atoms with Crippen molar-refractivity contribution in [2.24, 2.45) is 0 Å². The molecule has 0 spiro atoms. The highest BCUT2D eigenvalue weighted by Gasteiger charge is 2.35. The topological polar surface area (TPSA) is 114 Å². The molecule has 1 atom stereocenters. The van der Waals surface area contributed by atoms with E-state index in [4.69, 9.17) is 37.4 Å². The summed E-state index contributed by atoms with van der Waals surface area (Å²) in [7, 11) is -0.255. The fraction of sp³-hybridized carbons (Fsp3) is 0.355. The van der Waals surface area contributed by atoms with E-state index in [0.29, 0.717) is 29.3 Å². The summed E-state index contributed by atoms with van der Waals surface area (Å²) < 4.78 is 45.7. The van der Waals surface area contributed by atoms with Crippen molar-refractivity contribution in [3.05, 3.63) is 76.3 Å². The molecular weight excluding hydrogens is 629 g/mol. The number of carbonyl (C=O) groups excluding carboxylic acids is 2. The molecule has 0 saturated carbocycles. The van der Waals surface area contributed by atoms with E-state index in [9.17, 15) is 18.0 Å². The third-order valence-corrected chi connectivity index (χ3v) is 9.22. The Morgan fingerprint density at radius 1 is 0.886 bits per heavy atom. The van der Waals surface area contributed by atoms with Crippen LogP contribution in [0.25, 0.3) is 0 Å². The van der Waals surface area contributed by atoms with Gasteiger partial charge in [0.1, 0.15) is 18.3 Å². The van der Waals surface area contributed by atoms with E-state index in [1.165, 1.54) is 56.6 Å². The minimum Gasteiger partial charge on any atom is -0.495 e. The molecule has 0 radical (unpaired) electrons. The van der Waals surface area contributed by atoms with Crippen LogP contribution in [0.4, 0.5) is 5.69 Å². The molecule has 0 saturated heterocycles. The van der Waals surface area contributed by atoms with Crippen LogP contribution in [0.15, 0.2) is 65.6 Å². The number of rotatable bonds is 15. The Bertz CT molecular complexity index is 1570. The zero-order valence-corrected chi connectivity index (χ0v) is 27.6. The highest BCUT2D eigenvalue weighted by Crippen LogP contribution is 2.37. The SMILES string of the molecule is CCCNC(=O)C(CC)N(Cc1ccccc1Cl)C(=O)CN(c1cc(Cl)ccc1OC)S(=O)(=O)c1ccc(OC)c(OC)c1. The van der Waals surface area contributed by atoms with Crippen LogP contribution >= 0.6 is 23.2 Å². The molecule has 44 heavy (non-hydrogen) atoms. The van der Waals surface area contributed by atoms with Gasteiger partial charge in [-0.05, 0) is 54.8 Å². The monoisotopic (exact) mass is 665 g/mol. The Kier molecular flexibility index (Phi) is 12.6. The largest absolute Gasteiger partial charge is 0.495 e. The van der Waals surface area contributed by atoms with Crippen molar-refractivity contribution in [1.29, 1.82) is 0 Å². The average molecular weight is 667 g/mol. The molecule has 3 aromatic carbocycles. The van der Waals surface area contributed by atoms with Crippen molar-refractivity contribution in [3.63, 3.8) is 0 Å². The van der Waals surface area contributed by atoms with Gasteiger partial charge in [-0.25, -0.2) is 8.42 Å². The first-order valence-corrected chi connectivity index (χ1v) is 16.1. The molecule has 1 unspecified atom stereocenters. The molecule has 0 aromatic heterocycles. The zero-order chi connectivity index (χ0) is 32.4. The van der Waals surface area contributed by atoms with Crippen molar-refractivity contribution < 1.29 is 32.2 Å². The van der Waals surface area contributed by atoms with Crippen LogP contribution in [0, 0.1) is 0 Å². The van der Waals surface area contributed by atoms with E-state index < -0.39 is 28.5 Å². The fourth-order valence-electron chi connectivity index (χ4n) is 4.57. The summed E-state index contributed by atoms with van der Waals surface area (Å²) in [6, 6.07) is 14.6. The lowest BCUT2D eigenvalue weighted by Gasteiger charge is -2.33. The minimum absolute atomic E-state index is 0.0318. The third kappa shape index (κ3) is 8.08. The van der Waals surface area contributed by atoms with Crippen molar-refractivity contribution in [2.75, 3.05) is 38.7 Å². The second-order valence-electron chi connectivity index (χ2n) is 9.67. The van der Waals surface area contributed by atoms with Crippen molar-refractivity contribution in [2.45, 2.75) is 44.2 Å². The van der Waals surface area contributed by atoms with Gasteiger partial charge in [0.25, 0.3) is 10.0 Å². The maximum absolute atomic E-state index is 14.3. The lowest BCUT2D eigenvalue weighted by Crippen LogP contribution is -2.52. The normalized spacial score (nSPS) is 11.8. The highest BCUT2D eigenvalue weighted by atomic mass is 35.5. The van der Waals surface area contributed by atoms with Gasteiger partial charge in [-0.15, -0.1) is 0 Å². The summed E-state index contributed by atoms with van der Waals surface area (Å²) in [6.07, 6.45) is 0.973. The van der Waals surface area contributed by atoms with Crippen LogP contribution in [0.1, 0.15) is 32.3 Å². The number of hydrogen-bond donors (Lipinski definition) is 1. The third-order valence-electron chi connectivity index (χ3n) is 6.87. The number of methoxy groups -OCH3 is 3. The van der Waals surface area contributed by atoms with Crippen molar-refractivity contribution >= 4 is 50.7 Å². The van der Waals surface area contributed by atoms with Gasteiger partial charge in [-0.2, -0.15) is 0 Å². The number of anilines is 1. The number of halogens is 2. The molecule has 238 valence electrons. The Balaban J connectivity index is 2.18. The van der Waals surface area contributed by atoms with Crippen LogP contribution in [0.5, 0.6) is 17.2 Å². The van der Waals surface area contributed by atoms with Gasteiger partial charge < -0.3 is 24.4 Å². The second-order valence-corrected chi connectivity index (χ2v) is 12.4. The second kappa shape index (κ2) is 15.9. The molecule has 13 heteroatoms. The number of hydrogen-bond acceptors (Lipinski definition) is 7. The molecule has 0 fully saturated rings. The summed E-state index contributed by atoms with van der Waals surface area (Å²) >= 11 is 12.8. The summed E-state index contributed by atoms with van der Waals surface area (Å²) in [5, 5.41) is 3.47. The van der Waals surface area contributed by atoms with E-state index >= 15 is 0 Å². The predicted octanol–water partition coefficient (Wildman–Crippen LogP) is 5.55. The molecule has 0 heterocycles. The molecule has 2 amide bonds. The summed E-state index contributed by atoms with van der Waals surface area (Å²) in [4.78, 5) is 28.7. The maximum Gasteiger partial charge on any atom is 0.265 e. The van der Waals surface area contributed by atoms with Gasteiger partial charge in [0.15, 0.2) is 11.5 Å². The molecule has 0 aliphatic rings. The van der Waals surface area contributed by atoms with Crippen LogP contribution in [-0.2, 0) is 26.2 Å². The number of sulfonamides is 1. The van der Waals surface area contributed by atoms with Crippen LogP contribution in [0.2, 0.25) is 10.0 Å². The maximum atomic E-state index is 14.3. The van der Waals surface area contributed by atoms with Gasteiger partial charge in [0, 0.05) is 29.2 Å².